The Morgan fingerprint density at radius 2 is 1.70 bits per heavy atom. The second kappa shape index (κ2) is 13.9. The molecule has 1 aromatic heterocycles. The molecule has 5 rings (SSSR count). The average molecular weight is 587 g/mol. The Hall–Kier alpha value is -2.79. The van der Waals surface area contributed by atoms with Crippen LogP contribution in [-0.2, 0) is 0 Å². The van der Waals surface area contributed by atoms with E-state index in [0.717, 1.165) is 48.8 Å². The zero-order valence-electron chi connectivity index (χ0n) is 26.6. The number of carbonyl (C=O) groups is 1. The summed E-state index contributed by atoms with van der Waals surface area (Å²) in [4.78, 5) is 18.3. The number of hydrogen-bond acceptors (Lipinski definition) is 3. The second-order valence-electron chi connectivity index (χ2n) is 14.2. The van der Waals surface area contributed by atoms with Crippen molar-refractivity contribution < 1.29 is 14.3 Å². The number of Topliss-reactive ketones (excluding diaryl/α,β-unsaturated/α-hetero) is 1. The minimum atomic E-state index is -0.502. The van der Waals surface area contributed by atoms with E-state index >= 15 is 0 Å². The number of imidazole rings is 1. The summed E-state index contributed by atoms with van der Waals surface area (Å²) in [6, 6.07) is 14.7. The Balaban J connectivity index is 1.26. The van der Waals surface area contributed by atoms with Crippen LogP contribution < -0.4 is 0 Å². The van der Waals surface area contributed by atoms with Crippen molar-refractivity contribution in [3.8, 4) is 11.1 Å². The Kier molecular flexibility index (Phi) is 10.2. The van der Waals surface area contributed by atoms with E-state index in [1.807, 2.05) is 35.8 Å². The first-order chi connectivity index (χ1) is 20.6. The van der Waals surface area contributed by atoms with E-state index in [4.69, 9.17) is 0 Å². The molecule has 1 heterocycles. The van der Waals surface area contributed by atoms with Gasteiger partial charge in [0, 0.05) is 6.42 Å². The fourth-order valence-electron chi connectivity index (χ4n) is 7.92. The minimum Gasteiger partial charge on any atom is -0.390 e. The Morgan fingerprint density at radius 3 is 2.49 bits per heavy atom. The quantitative estimate of drug-likeness (QED) is 0.211. The van der Waals surface area contributed by atoms with Crippen molar-refractivity contribution >= 4 is 5.78 Å². The molecule has 0 aliphatic heterocycles. The number of benzene rings is 2. The molecule has 43 heavy (non-hydrogen) atoms. The second-order valence-corrected chi connectivity index (χ2v) is 14.2. The van der Waals surface area contributed by atoms with Crippen molar-refractivity contribution in [2.24, 2.45) is 29.6 Å². The van der Waals surface area contributed by atoms with Crippen LogP contribution in [0.1, 0.15) is 120 Å². The zero-order chi connectivity index (χ0) is 30.6. The van der Waals surface area contributed by atoms with Gasteiger partial charge >= 0.3 is 0 Å². The maximum Gasteiger partial charge on any atom is 0.181 e. The van der Waals surface area contributed by atoms with Crippen LogP contribution in [0.5, 0.6) is 0 Å². The van der Waals surface area contributed by atoms with Crippen molar-refractivity contribution in [3.05, 3.63) is 78.1 Å². The van der Waals surface area contributed by atoms with E-state index < -0.39 is 5.60 Å². The molecule has 0 saturated heterocycles. The van der Waals surface area contributed by atoms with Gasteiger partial charge in [0.15, 0.2) is 5.78 Å². The monoisotopic (exact) mass is 586 g/mol. The molecule has 0 amide bonds. The van der Waals surface area contributed by atoms with Crippen LogP contribution in [0, 0.1) is 35.4 Å². The molecule has 2 aromatic carbocycles. The van der Waals surface area contributed by atoms with Gasteiger partial charge in [0.25, 0.3) is 0 Å². The molecule has 7 unspecified atom stereocenters. The maximum absolute atomic E-state index is 13.9. The van der Waals surface area contributed by atoms with Crippen LogP contribution in [0.25, 0.3) is 11.1 Å². The van der Waals surface area contributed by atoms with Gasteiger partial charge in [-0.05, 0) is 111 Å². The summed E-state index contributed by atoms with van der Waals surface area (Å²) in [6.45, 7) is 8.85. The number of rotatable bonds is 8. The van der Waals surface area contributed by atoms with Gasteiger partial charge in [-0.2, -0.15) is 0 Å². The van der Waals surface area contributed by atoms with Gasteiger partial charge in [-0.1, -0.05) is 75.9 Å². The van der Waals surface area contributed by atoms with Gasteiger partial charge < -0.3 is 9.67 Å². The van der Waals surface area contributed by atoms with Crippen LogP contribution in [0.2, 0.25) is 0 Å². The topological polar surface area (TPSA) is 55.1 Å². The third kappa shape index (κ3) is 7.84. The number of aliphatic hydroxyl groups is 1. The van der Waals surface area contributed by atoms with E-state index in [9.17, 15) is 14.3 Å². The van der Waals surface area contributed by atoms with Crippen molar-refractivity contribution in [1.82, 2.24) is 9.55 Å². The standard InChI is InChI=1S/C38H51FN2O2/c1-26-8-7-9-29(22-32-19-21-38(4,43)20-18-27(32)2)12-13-31(26)23-37(42)36-24-40-25-41(36)28(3)34-10-5-6-11-35(34)30-14-16-33(39)17-15-30/h5-6,10-11,14-17,24-29,31-32,43H,7-9,12-13,18-23H2,1-4H3. The first-order valence-electron chi connectivity index (χ1n) is 16.7. The number of ketones is 1. The third-order valence-corrected chi connectivity index (χ3v) is 11.0. The van der Waals surface area contributed by atoms with Gasteiger partial charge in [0.2, 0.25) is 0 Å². The average Bonchev–Trinajstić information content (AvgIpc) is 3.44. The predicted molar refractivity (Wildman–Crippen MR) is 172 cm³/mol. The van der Waals surface area contributed by atoms with E-state index in [1.54, 1.807) is 12.5 Å². The Bertz CT molecular complexity index is 1350. The lowest BCUT2D eigenvalue weighted by Crippen LogP contribution is -2.24. The molecule has 232 valence electrons. The molecule has 2 fully saturated rings. The summed E-state index contributed by atoms with van der Waals surface area (Å²) in [5.41, 5.74) is 3.24. The van der Waals surface area contributed by atoms with Gasteiger partial charge in [-0.3, -0.25) is 4.79 Å². The molecule has 1 N–H and O–H groups in total. The SMILES string of the molecule is CC1CCCC(CC2CCC(C)(O)CCC2C)CCC1CC(=O)c1cncn1C(C)c1ccccc1-c1ccc(F)cc1. The van der Waals surface area contributed by atoms with E-state index in [0.29, 0.717) is 41.7 Å². The number of aromatic nitrogens is 2. The first-order valence-corrected chi connectivity index (χ1v) is 16.7. The number of halogens is 1. The van der Waals surface area contributed by atoms with Crippen LogP contribution >= 0.6 is 0 Å². The predicted octanol–water partition coefficient (Wildman–Crippen LogP) is 9.67. The van der Waals surface area contributed by atoms with Crippen molar-refractivity contribution in [2.45, 2.75) is 110 Å². The van der Waals surface area contributed by atoms with Crippen LogP contribution in [0.4, 0.5) is 4.39 Å². The summed E-state index contributed by atoms with van der Waals surface area (Å²) >= 11 is 0. The van der Waals surface area contributed by atoms with E-state index in [2.05, 4.69) is 37.9 Å². The molecule has 4 nitrogen and oxygen atoms in total. The molecular weight excluding hydrogens is 535 g/mol. The Morgan fingerprint density at radius 1 is 0.977 bits per heavy atom. The molecule has 2 saturated carbocycles. The van der Waals surface area contributed by atoms with E-state index in [1.165, 1.54) is 44.2 Å². The number of carbonyl (C=O) groups excluding carboxylic acids is 1. The highest BCUT2D eigenvalue weighted by molar-refractivity contribution is 5.94. The van der Waals surface area contributed by atoms with Gasteiger partial charge in [0.05, 0.1) is 24.2 Å². The highest BCUT2D eigenvalue weighted by atomic mass is 19.1. The fraction of sp³-hybridized carbons (Fsp3) is 0.579. The zero-order valence-corrected chi connectivity index (χ0v) is 26.6. The van der Waals surface area contributed by atoms with Crippen LogP contribution in [0.15, 0.2) is 61.1 Å². The van der Waals surface area contributed by atoms with Gasteiger partial charge in [-0.15, -0.1) is 0 Å². The largest absolute Gasteiger partial charge is 0.390 e. The van der Waals surface area contributed by atoms with Crippen LogP contribution in [-0.4, -0.2) is 26.0 Å². The summed E-state index contributed by atoms with van der Waals surface area (Å²) in [5, 5.41) is 10.6. The third-order valence-electron chi connectivity index (χ3n) is 11.0. The van der Waals surface area contributed by atoms with Crippen molar-refractivity contribution in [2.75, 3.05) is 0 Å². The minimum absolute atomic E-state index is 0.0933. The molecular formula is C38H51FN2O2. The molecule has 2 aliphatic rings. The summed E-state index contributed by atoms with van der Waals surface area (Å²) in [6.07, 6.45) is 15.5. The van der Waals surface area contributed by atoms with Crippen LogP contribution in [0.3, 0.4) is 0 Å². The number of hydrogen-bond donors (Lipinski definition) is 1. The maximum atomic E-state index is 13.9. The molecule has 0 radical (unpaired) electrons. The Labute approximate surface area is 258 Å². The highest BCUT2D eigenvalue weighted by Gasteiger charge is 2.33. The summed E-state index contributed by atoms with van der Waals surface area (Å²) < 4.78 is 15.6. The normalized spacial score (nSPS) is 29.3. The van der Waals surface area contributed by atoms with E-state index in [-0.39, 0.29) is 17.6 Å². The number of nitrogens with zero attached hydrogens (tertiary/aromatic N) is 2. The summed E-state index contributed by atoms with van der Waals surface area (Å²) in [7, 11) is 0. The molecule has 0 spiro atoms. The summed E-state index contributed by atoms with van der Waals surface area (Å²) in [5.74, 6) is 2.93. The van der Waals surface area contributed by atoms with Crippen molar-refractivity contribution in [3.63, 3.8) is 0 Å². The lowest BCUT2D eigenvalue weighted by atomic mass is 9.73. The molecule has 7 atom stereocenters. The van der Waals surface area contributed by atoms with Crippen molar-refractivity contribution in [1.29, 1.82) is 0 Å². The molecule has 0 bridgehead atoms. The smallest absolute Gasteiger partial charge is 0.181 e. The highest BCUT2D eigenvalue weighted by Crippen LogP contribution is 2.41. The molecule has 5 heteroatoms. The van der Waals surface area contributed by atoms with Gasteiger partial charge in [-0.25, -0.2) is 9.37 Å². The lowest BCUT2D eigenvalue weighted by Gasteiger charge is -2.32. The molecule has 3 aromatic rings. The lowest BCUT2D eigenvalue weighted by molar-refractivity contribution is 0.0425. The van der Waals surface area contributed by atoms with Gasteiger partial charge in [0.1, 0.15) is 11.5 Å². The molecule has 2 aliphatic carbocycles. The first kappa shape index (κ1) is 31.6. The fourth-order valence-corrected chi connectivity index (χ4v) is 7.92.